The molecule has 4 rings (SSSR count). The van der Waals surface area contributed by atoms with Crippen LogP contribution < -0.4 is 0 Å². The first kappa shape index (κ1) is 22.6. The Hall–Kier alpha value is -2.56. The van der Waals surface area contributed by atoms with Gasteiger partial charge in [-0.2, -0.15) is 0 Å². The van der Waals surface area contributed by atoms with Crippen LogP contribution in [0.2, 0.25) is 0 Å². The molecule has 172 valence electrons. The average molecular weight is 436 g/mol. The van der Waals surface area contributed by atoms with Crippen LogP contribution in [-0.2, 0) is 16.1 Å². The van der Waals surface area contributed by atoms with Crippen molar-refractivity contribution in [1.29, 1.82) is 0 Å². The fourth-order valence-corrected chi connectivity index (χ4v) is 5.29. The van der Waals surface area contributed by atoms with Gasteiger partial charge in [0.1, 0.15) is 0 Å². The predicted octanol–water partition coefficient (Wildman–Crippen LogP) is 4.97. The number of carbonyl (C=O) groups is 2. The van der Waals surface area contributed by atoms with Crippen LogP contribution in [0.3, 0.4) is 0 Å². The minimum Gasteiger partial charge on any atom is -0.348 e. The second kappa shape index (κ2) is 9.93. The highest BCUT2D eigenvalue weighted by molar-refractivity contribution is 5.86. The molecule has 2 heterocycles. The number of rotatable bonds is 7. The van der Waals surface area contributed by atoms with Gasteiger partial charge in [0, 0.05) is 37.4 Å². The highest BCUT2D eigenvalue weighted by Gasteiger charge is 2.34. The first-order chi connectivity index (χ1) is 15.5. The molecule has 1 fully saturated rings. The van der Waals surface area contributed by atoms with Gasteiger partial charge in [-0.1, -0.05) is 57.9 Å². The second-order valence-corrected chi connectivity index (χ2v) is 9.68. The van der Waals surface area contributed by atoms with Crippen LogP contribution in [0.1, 0.15) is 81.7 Å². The Morgan fingerprint density at radius 1 is 1.06 bits per heavy atom. The van der Waals surface area contributed by atoms with Gasteiger partial charge in [0.2, 0.25) is 11.8 Å². The number of amides is 2. The van der Waals surface area contributed by atoms with Gasteiger partial charge in [0.15, 0.2) is 0 Å². The summed E-state index contributed by atoms with van der Waals surface area (Å²) >= 11 is 0. The van der Waals surface area contributed by atoms with E-state index in [1.807, 2.05) is 9.80 Å². The minimum atomic E-state index is -0.113. The molecule has 2 aliphatic rings. The fourth-order valence-electron chi connectivity index (χ4n) is 5.29. The Balaban J connectivity index is 1.58. The molecular weight excluding hydrogens is 398 g/mol. The molecule has 5 heteroatoms. The number of nitrogens with zero attached hydrogens (tertiary/aromatic N) is 3. The van der Waals surface area contributed by atoms with Gasteiger partial charge >= 0.3 is 0 Å². The lowest BCUT2D eigenvalue weighted by Crippen LogP contribution is -2.49. The first-order valence-corrected chi connectivity index (χ1v) is 12.3. The third-order valence-electron chi connectivity index (χ3n) is 7.11. The molecule has 1 atom stereocenters. The van der Waals surface area contributed by atoms with Crippen molar-refractivity contribution in [2.45, 2.75) is 71.4 Å². The monoisotopic (exact) mass is 435 g/mol. The number of benzene rings is 1. The summed E-state index contributed by atoms with van der Waals surface area (Å²) in [6, 6.07) is 12.7. The van der Waals surface area contributed by atoms with Gasteiger partial charge < -0.3 is 14.4 Å². The molecule has 1 aliphatic heterocycles. The summed E-state index contributed by atoms with van der Waals surface area (Å²) in [5.74, 6) is 0.805. The molecule has 0 spiro atoms. The van der Waals surface area contributed by atoms with E-state index < -0.39 is 0 Å². The first-order valence-electron chi connectivity index (χ1n) is 12.3. The van der Waals surface area contributed by atoms with Gasteiger partial charge in [0.25, 0.3) is 0 Å². The Bertz CT molecular complexity index is 925. The molecule has 0 saturated heterocycles. The highest BCUT2D eigenvalue weighted by atomic mass is 16.2. The number of fused-ring (bicyclic) bond motifs is 1. The van der Waals surface area contributed by atoms with E-state index in [1.165, 1.54) is 5.56 Å². The van der Waals surface area contributed by atoms with E-state index in [4.69, 9.17) is 0 Å². The third-order valence-corrected chi connectivity index (χ3v) is 7.11. The molecule has 32 heavy (non-hydrogen) atoms. The van der Waals surface area contributed by atoms with E-state index in [0.29, 0.717) is 19.0 Å². The van der Waals surface area contributed by atoms with Crippen LogP contribution in [0, 0.1) is 5.92 Å². The smallest absolute Gasteiger partial charge is 0.243 e. The van der Waals surface area contributed by atoms with Crippen LogP contribution >= 0.6 is 0 Å². The lowest BCUT2D eigenvalue weighted by Gasteiger charge is -2.38. The summed E-state index contributed by atoms with van der Waals surface area (Å²) in [6.45, 7) is 8.75. The van der Waals surface area contributed by atoms with Crippen molar-refractivity contribution in [1.82, 2.24) is 14.4 Å². The van der Waals surface area contributed by atoms with E-state index in [1.54, 1.807) is 0 Å². The zero-order valence-electron chi connectivity index (χ0n) is 19.8. The Kier molecular flexibility index (Phi) is 7.02. The van der Waals surface area contributed by atoms with Crippen molar-refractivity contribution < 1.29 is 9.59 Å². The molecule has 0 radical (unpaired) electrons. The standard InChI is InChI=1S/C27H37N3O2/c1-4-15-29(27(32)23-8-5-6-9-23)19-25(31)30-18-17-28-16-7-10-24(28)26(30)22-13-11-21(12-14-22)20(2)3/h7,10-14,16,20,23,26H,4-6,8-9,15,17-19H2,1-3H3. The van der Waals surface area contributed by atoms with Crippen molar-refractivity contribution in [3.05, 3.63) is 59.4 Å². The molecule has 5 nitrogen and oxygen atoms in total. The van der Waals surface area contributed by atoms with Gasteiger partial charge in [-0.3, -0.25) is 9.59 Å². The largest absolute Gasteiger partial charge is 0.348 e. The molecule has 1 aromatic carbocycles. The Labute approximate surface area is 192 Å². The predicted molar refractivity (Wildman–Crippen MR) is 127 cm³/mol. The van der Waals surface area contributed by atoms with E-state index in [-0.39, 0.29) is 30.3 Å². The zero-order valence-corrected chi connectivity index (χ0v) is 19.8. The quantitative estimate of drug-likeness (QED) is 0.616. The maximum Gasteiger partial charge on any atom is 0.243 e. The average Bonchev–Trinajstić information content (AvgIpc) is 3.49. The lowest BCUT2D eigenvalue weighted by molar-refractivity contribution is -0.144. The van der Waals surface area contributed by atoms with Crippen molar-refractivity contribution in [3.63, 3.8) is 0 Å². The van der Waals surface area contributed by atoms with Crippen LogP contribution in [0.25, 0.3) is 0 Å². The number of carbonyl (C=O) groups excluding carboxylic acids is 2. The van der Waals surface area contributed by atoms with Crippen molar-refractivity contribution in [3.8, 4) is 0 Å². The number of aromatic nitrogens is 1. The SMILES string of the molecule is CCCN(CC(=O)N1CCn2cccc2C1c1ccc(C(C)C)cc1)C(=O)C1CCCC1. The molecule has 1 aromatic heterocycles. The Morgan fingerprint density at radius 3 is 2.44 bits per heavy atom. The number of hydrogen-bond acceptors (Lipinski definition) is 2. The Morgan fingerprint density at radius 2 is 1.78 bits per heavy atom. The van der Waals surface area contributed by atoms with Crippen LogP contribution in [0.5, 0.6) is 0 Å². The summed E-state index contributed by atoms with van der Waals surface area (Å²) in [5.41, 5.74) is 3.58. The van der Waals surface area contributed by atoms with Gasteiger partial charge in [0.05, 0.1) is 12.6 Å². The molecular formula is C27H37N3O2. The van der Waals surface area contributed by atoms with E-state index >= 15 is 0 Å². The molecule has 2 amide bonds. The second-order valence-electron chi connectivity index (χ2n) is 9.68. The minimum absolute atomic E-state index is 0.0511. The van der Waals surface area contributed by atoms with Crippen LogP contribution in [-0.4, -0.2) is 45.8 Å². The summed E-state index contributed by atoms with van der Waals surface area (Å²) in [6.07, 6.45) is 7.16. The lowest BCUT2D eigenvalue weighted by atomic mass is 9.95. The van der Waals surface area contributed by atoms with Gasteiger partial charge in [-0.15, -0.1) is 0 Å². The summed E-state index contributed by atoms with van der Waals surface area (Å²) < 4.78 is 2.25. The summed E-state index contributed by atoms with van der Waals surface area (Å²) in [5, 5.41) is 0. The third kappa shape index (κ3) is 4.62. The van der Waals surface area contributed by atoms with E-state index in [2.05, 4.69) is 67.9 Å². The fraction of sp³-hybridized carbons (Fsp3) is 0.556. The van der Waals surface area contributed by atoms with E-state index in [9.17, 15) is 9.59 Å². The molecule has 2 aromatic rings. The summed E-state index contributed by atoms with van der Waals surface area (Å²) in [4.78, 5) is 30.5. The van der Waals surface area contributed by atoms with Crippen molar-refractivity contribution >= 4 is 11.8 Å². The van der Waals surface area contributed by atoms with Gasteiger partial charge in [-0.05, 0) is 48.4 Å². The maximum atomic E-state index is 13.6. The molecule has 0 N–H and O–H groups in total. The molecule has 1 aliphatic carbocycles. The van der Waals surface area contributed by atoms with Crippen molar-refractivity contribution in [2.75, 3.05) is 19.6 Å². The zero-order chi connectivity index (χ0) is 22.7. The molecule has 1 saturated carbocycles. The number of hydrogen-bond donors (Lipinski definition) is 0. The molecule has 1 unspecified atom stereocenters. The van der Waals surface area contributed by atoms with E-state index in [0.717, 1.165) is 49.9 Å². The van der Waals surface area contributed by atoms with Gasteiger partial charge in [-0.25, -0.2) is 0 Å². The van der Waals surface area contributed by atoms with Crippen LogP contribution in [0.15, 0.2) is 42.6 Å². The molecule has 0 bridgehead atoms. The summed E-state index contributed by atoms with van der Waals surface area (Å²) in [7, 11) is 0. The van der Waals surface area contributed by atoms with Crippen molar-refractivity contribution in [2.24, 2.45) is 5.92 Å². The maximum absolute atomic E-state index is 13.6. The van der Waals surface area contributed by atoms with Crippen LogP contribution in [0.4, 0.5) is 0 Å². The topological polar surface area (TPSA) is 45.6 Å². The highest BCUT2D eigenvalue weighted by Crippen LogP contribution is 2.34. The normalized spacial score (nSPS) is 18.8.